The Kier molecular flexibility index (Phi) is 4.96. The highest BCUT2D eigenvalue weighted by atomic mass is 16.5. The fourth-order valence-electron chi connectivity index (χ4n) is 2.04. The number of benzene rings is 1. The van der Waals surface area contributed by atoms with E-state index >= 15 is 0 Å². The molecule has 0 unspecified atom stereocenters. The van der Waals surface area contributed by atoms with Crippen molar-refractivity contribution in [3.63, 3.8) is 0 Å². The minimum absolute atomic E-state index is 0.641. The predicted octanol–water partition coefficient (Wildman–Crippen LogP) is 3.12. The summed E-state index contributed by atoms with van der Waals surface area (Å²) < 4.78 is 5.49. The third kappa shape index (κ3) is 3.71. The minimum atomic E-state index is 0.641. The second-order valence-corrected chi connectivity index (χ2v) is 4.69. The monoisotopic (exact) mass is 271 g/mol. The number of nitrogens with two attached hydrogens (primary N) is 1. The first kappa shape index (κ1) is 14.3. The molecule has 0 aliphatic heterocycles. The number of nitrogens with one attached hydrogen (secondary N) is 1. The number of aromatic nitrogens is 1. The van der Waals surface area contributed by atoms with E-state index in [2.05, 4.69) is 22.4 Å². The predicted molar refractivity (Wildman–Crippen MR) is 82.5 cm³/mol. The van der Waals surface area contributed by atoms with Crippen LogP contribution in [0.15, 0.2) is 36.5 Å². The molecular weight excluding hydrogens is 250 g/mol. The molecule has 4 heteroatoms. The van der Waals surface area contributed by atoms with Crippen LogP contribution in [0, 0.1) is 6.92 Å². The summed E-state index contributed by atoms with van der Waals surface area (Å²) in [7, 11) is 0. The van der Waals surface area contributed by atoms with Gasteiger partial charge in [-0.3, -0.25) is 0 Å². The molecule has 0 atom stereocenters. The van der Waals surface area contributed by atoms with Crippen LogP contribution in [0.4, 0.5) is 11.5 Å². The molecule has 2 aromatic rings. The highest BCUT2D eigenvalue weighted by Gasteiger charge is 2.04. The van der Waals surface area contributed by atoms with Crippen molar-refractivity contribution in [2.75, 3.05) is 17.7 Å². The van der Waals surface area contributed by atoms with Crippen molar-refractivity contribution in [1.29, 1.82) is 0 Å². The molecule has 106 valence electrons. The van der Waals surface area contributed by atoms with Gasteiger partial charge in [0.25, 0.3) is 0 Å². The highest BCUT2D eigenvalue weighted by Crippen LogP contribution is 2.16. The Morgan fingerprint density at radius 3 is 2.70 bits per heavy atom. The molecule has 0 aliphatic rings. The topological polar surface area (TPSA) is 60.2 Å². The van der Waals surface area contributed by atoms with Crippen LogP contribution in [0.2, 0.25) is 0 Å². The van der Waals surface area contributed by atoms with Crippen LogP contribution in [0.3, 0.4) is 0 Å². The van der Waals surface area contributed by atoms with Crippen LogP contribution >= 0.6 is 0 Å². The third-order valence-corrected chi connectivity index (χ3v) is 3.13. The van der Waals surface area contributed by atoms with Crippen molar-refractivity contribution in [3.05, 3.63) is 53.2 Å². The fraction of sp³-hybridized carbons (Fsp3) is 0.312. The van der Waals surface area contributed by atoms with Crippen molar-refractivity contribution in [3.8, 4) is 0 Å². The fourth-order valence-corrected chi connectivity index (χ4v) is 2.04. The first-order valence-electron chi connectivity index (χ1n) is 6.81. The highest BCUT2D eigenvalue weighted by molar-refractivity contribution is 5.51. The molecule has 0 radical (unpaired) electrons. The number of ether oxygens (including phenoxy) is 1. The zero-order valence-corrected chi connectivity index (χ0v) is 12.0. The van der Waals surface area contributed by atoms with Gasteiger partial charge >= 0.3 is 0 Å². The maximum absolute atomic E-state index is 5.71. The summed E-state index contributed by atoms with van der Waals surface area (Å²) in [6.45, 7) is 6.09. The van der Waals surface area contributed by atoms with Crippen LogP contribution in [-0.2, 0) is 17.9 Å². The van der Waals surface area contributed by atoms with Gasteiger partial charge in [0, 0.05) is 13.2 Å². The van der Waals surface area contributed by atoms with Crippen LogP contribution in [0.25, 0.3) is 0 Å². The van der Waals surface area contributed by atoms with Crippen LogP contribution in [-0.4, -0.2) is 11.6 Å². The summed E-state index contributed by atoms with van der Waals surface area (Å²) in [6.07, 6.45) is 1.67. The molecule has 1 heterocycles. The van der Waals surface area contributed by atoms with E-state index in [0.717, 1.165) is 24.5 Å². The zero-order chi connectivity index (χ0) is 14.4. The van der Waals surface area contributed by atoms with E-state index in [0.29, 0.717) is 12.3 Å². The average molecular weight is 271 g/mol. The molecule has 0 saturated carbocycles. The second kappa shape index (κ2) is 6.91. The first-order valence-corrected chi connectivity index (χ1v) is 6.81. The van der Waals surface area contributed by atoms with Crippen LogP contribution in [0.1, 0.15) is 23.6 Å². The van der Waals surface area contributed by atoms with E-state index in [1.165, 1.54) is 11.1 Å². The van der Waals surface area contributed by atoms with E-state index in [4.69, 9.17) is 10.5 Å². The van der Waals surface area contributed by atoms with E-state index in [1.807, 2.05) is 32.0 Å². The largest absolute Gasteiger partial charge is 0.397 e. The zero-order valence-electron chi connectivity index (χ0n) is 12.0. The molecule has 1 aromatic heterocycles. The van der Waals surface area contributed by atoms with Gasteiger partial charge in [0.05, 0.1) is 18.5 Å². The van der Waals surface area contributed by atoms with E-state index < -0.39 is 0 Å². The summed E-state index contributed by atoms with van der Waals surface area (Å²) in [5.74, 6) is 0.866. The Labute approximate surface area is 120 Å². The van der Waals surface area contributed by atoms with Crippen molar-refractivity contribution in [2.45, 2.75) is 27.0 Å². The Balaban J connectivity index is 2.06. The molecule has 20 heavy (non-hydrogen) atoms. The standard InChI is InChI=1S/C16H21N3O/c1-3-20-11-14-7-5-4-6-13(14)9-18-16-12(2)8-15(17)10-19-16/h4-8,10H,3,9,11,17H2,1-2H3,(H,18,19). The van der Waals surface area contributed by atoms with Gasteiger partial charge in [-0.1, -0.05) is 24.3 Å². The van der Waals surface area contributed by atoms with Crippen molar-refractivity contribution < 1.29 is 4.74 Å². The molecule has 0 fully saturated rings. The molecule has 2 rings (SSSR count). The summed E-state index contributed by atoms with van der Waals surface area (Å²) in [5.41, 5.74) is 9.87. The van der Waals surface area contributed by atoms with Crippen LogP contribution < -0.4 is 11.1 Å². The lowest BCUT2D eigenvalue weighted by atomic mass is 10.1. The summed E-state index contributed by atoms with van der Waals surface area (Å²) in [6, 6.07) is 10.2. The Hall–Kier alpha value is -2.07. The van der Waals surface area contributed by atoms with E-state index in [1.54, 1.807) is 6.20 Å². The Bertz CT molecular complexity index is 569. The lowest BCUT2D eigenvalue weighted by molar-refractivity contribution is 0.133. The number of hydrogen-bond acceptors (Lipinski definition) is 4. The number of nitrogen functional groups attached to an aromatic ring is 1. The second-order valence-electron chi connectivity index (χ2n) is 4.69. The quantitative estimate of drug-likeness (QED) is 0.847. The first-order chi connectivity index (χ1) is 9.70. The molecule has 0 spiro atoms. The molecule has 3 N–H and O–H groups in total. The molecular formula is C16H21N3O. The van der Waals surface area contributed by atoms with Gasteiger partial charge in [0.1, 0.15) is 5.82 Å². The van der Waals surface area contributed by atoms with Gasteiger partial charge in [-0.05, 0) is 36.6 Å². The molecule has 4 nitrogen and oxygen atoms in total. The molecule has 0 amide bonds. The minimum Gasteiger partial charge on any atom is -0.397 e. The van der Waals surface area contributed by atoms with E-state index in [9.17, 15) is 0 Å². The van der Waals surface area contributed by atoms with Gasteiger partial charge < -0.3 is 15.8 Å². The van der Waals surface area contributed by atoms with Gasteiger partial charge in [-0.2, -0.15) is 0 Å². The maximum atomic E-state index is 5.71. The van der Waals surface area contributed by atoms with Gasteiger partial charge in [0.2, 0.25) is 0 Å². The van der Waals surface area contributed by atoms with Gasteiger partial charge in [0.15, 0.2) is 0 Å². The Morgan fingerprint density at radius 2 is 2.00 bits per heavy atom. The van der Waals surface area contributed by atoms with Crippen molar-refractivity contribution in [1.82, 2.24) is 4.98 Å². The smallest absolute Gasteiger partial charge is 0.129 e. The number of pyridine rings is 1. The Morgan fingerprint density at radius 1 is 1.25 bits per heavy atom. The van der Waals surface area contributed by atoms with E-state index in [-0.39, 0.29) is 0 Å². The molecule has 0 bridgehead atoms. The number of anilines is 2. The van der Waals surface area contributed by atoms with Crippen molar-refractivity contribution in [2.24, 2.45) is 0 Å². The third-order valence-electron chi connectivity index (χ3n) is 3.13. The number of aryl methyl sites for hydroxylation is 1. The summed E-state index contributed by atoms with van der Waals surface area (Å²) in [5, 5.41) is 3.35. The normalized spacial score (nSPS) is 10.5. The van der Waals surface area contributed by atoms with Gasteiger partial charge in [-0.25, -0.2) is 4.98 Å². The number of nitrogens with zero attached hydrogens (tertiary/aromatic N) is 1. The summed E-state index contributed by atoms with van der Waals surface area (Å²) in [4.78, 5) is 4.32. The molecule has 0 saturated heterocycles. The number of hydrogen-bond donors (Lipinski definition) is 2. The average Bonchev–Trinajstić information content (AvgIpc) is 2.45. The molecule has 1 aromatic carbocycles. The number of rotatable bonds is 6. The lowest BCUT2D eigenvalue weighted by Gasteiger charge is -2.12. The van der Waals surface area contributed by atoms with Crippen molar-refractivity contribution >= 4 is 11.5 Å². The van der Waals surface area contributed by atoms with Crippen LogP contribution in [0.5, 0.6) is 0 Å². The molecule has 0 aliphatic carbocycles. The maximum Gasteiger partial charge on any atom is 0.129 e. The lowest BCUT2D eigenvalue weighted by Crippen LogP contribution is -2.07. The SMILES string of the molecule is CCOCc1ccccc1CNc1ncc(N)cc1C. The summed E-state index contributed by atoms with van der Waals surface area (Å²) >= 11 is 0. The van der Waals surface area contributed by atoms with Gasteiger partial charge in [-0.15, -0.1) is 0 Å².